The number of hydrogen-bond acceptors (Lipinski definition) is 2. The predicted octanol–water partition coefficient (Wildman–Crippen LogP) is 3.35. The second-order valence-electron chi connectivity index (χ2n) is 4.52. The van der Waals surface area contributed by atoms with Crippen molar-refractivity contribution in [3.8, 4) is 0 Å². The Kier molecular flexibility index (Phi) is 3.51. The van der Waals surface area contributed by atoms with E-state index < -0.39 is 0 Å². The van der Waals surface area contributed by atoms with Crippen molar-refractivity contribution in [1.29, 1.82) is 0 Å². The van der Waals surface area contributed by atoms with E-state index >= 15 is 0 Å². The second-order valence-corrected chi connectivity index (χ2v) is 4.52. The summed E-state index contributed by atoms with van der Waals surface area (Å²) in [6, 6.07) is 12.6. The normalized spacial score (nSPS) is 10.4. The molecule has 0 saturated heterocycles. The fourth-order valence-electron chi connectivity index (χ4n) is 1.91. The Morgan fingerprint density at radius 2 is 1.78 bits per heavy atom. The molecule has 0 radical (unpaired) electrons. The summed E-state index contributed by atoms with van der Waals surface area (Å²) in [5, 5.41) is 0. The SMILES string of the molecule is Cc1cc(F)ccc1CN(C)c1ccc(N)cc1. The molecule has 2 N–H and O–H groups in total. The van der Waals surface area contributed by atoms with Gasteiger partial charge in [-0.1, -0.05) is 6.07 Å². The molecule has 3 heteroatoms. The van der Waals surface area contributed by atoms with E-state index in [0.717, 1.165) is 29.0 Å². The first kappa shape index (κ1) is 12.4. The van der Waals surface area contributed by atoms with E-state index in [4.69, 9.17) is 5.73 Å². The zero-order chi connectivity index (χ0) is 13.1. The van der Waals surface area contributed by atoms with Crippen molar-refractivity contribution in [2.45, 2.75) is 13.5 Å². The minimum Gasteiger partial charge on any atom is -0.399 e. The Balaban J connectivity index is 2.15. The van der Waals surface area contributed by atoms with Crippen molar-refractivity contribution in [3.05, 3.63) is 59.4 Å². The lowest BCUT2D eigenvalue weighted by Gasteiger charge is -2.20. The van der Waals surface area contributed by atoms with Crippen molar-refractivity contribution in [2.75, 3.05) is 17.7 Å². The van der Waals surface area contributed by atoms with Crippen molar-refractivity contribution in [2.24, 2.45) is 0 Å². The van der Waals surface area contributed by atoms with E-state index in [0.29, 0.717) is 0 Å². The zero-order valence-electron chi connectivity index (χ0n) is 10.7. The molecule has 2 rings (SSSR count). The van der Waals surface area contributed by atoms with Crippen LogP contribution in [0.4, 0.5) is 15.8 Å². The van der Waals surface area contributed by atoms with Crippen LogP contribution in [0, 0.1) is 12.7 Å². The molecule has 0 aliphatic heterocycles. The molecule has 0 amide bonds. The molecule has 0 atom stereocenters. The number of aryl methyl sites for hydroxylation is 1. The van der Waals surface area contributed by atoms with Gasteiger partial charge in [0.05, 0.1) is 0 Å². The lowest BCUT2D eigenvalue weighted by Crippen LogP contribution is -2.17. The largest absolute Gasteiger partial charge is 0.399 e. The fourth-order valence-corrected chi connectivity index (χ4v) is 1.91. The van der Waals surface area contributed by atoms with Crippen molar-refractivity contribution in [3.63, 3.8) is 0 Å². The average Bonchev–Trinajstić information content (AvgIpc) is 2.33. The van der Waals surface area contributed by atoms with Gasteiger partial charge in [-0.25, -0.2) is 4.39 Å². The summed E-state index contributed by atoms with van der Waals surface area (Å²) >= 11 is 0. The van der Waals surface area contributed by atoms with Gasteiger partial charge in [-0.3, -0.25) is 0 Å². The molecule has 0 aliphatic carbocycles. The smallest absolute Gasteiger partial charge is 0.123 e. The second kappa shape index (κ2) is 5.08. The highest BCUT2D eigenvalue weighted by atomic mass is 19.1. The summed E-state index contributed by atoms with van der Waals surface area (Å²) < 4.78 is 13.0. The van der Waals surface area contributed by atoms with E-state index in [9.17, 15) is 4.39 Å². The van der Waals surface area contributed by atoms with Gasteiger partial charge in [0.25, 0.3) is 0 Å². The fraction of sp³-hybridized carbons (Fsp3) is 0.200. The number of nitrogens with zero attached hydrogens (tertiary/aromatic N) is 1. The summed E-state index contributed by atoms with van der Waals surface area (Å²) in [6.45, 7) is 2.67. The molecule has 18 heavy (non-hydrogen) atoms. The molecular weight excluding hydrogens is 227 g/mol. The summed E-state index contributed by atoms with van der Waals surface area (Å²) in [6.07, 6.45) is 0. The summed E-state index contributed by atoms with van der Waals surface area (Å²) in [5.41, 5.74) is 9.60. The topological polar surface area (TPSA) is 29.3 Å². The van der Waals surface area contributed by atoms with Gasteiger partial charge < -0.3 is 10.6 Å². The van der Waals surface area contributed by atoms with E-state index in [1.165, 1.54) is 6.07 Å². The molecule has 0 aliphatic rings. The van der Waals surface area contributed by atoms with Gasteiger partial charge in [-0.15, -0.1) is 0 Å². The van der Waals surface area contributed by atoms with Crippen LogP contribution in [-0.4, -0.2) is 7.05 Å². The van der Waals surface area contributed by atoms with Gasteiger partial charge in [-0.05, 0) is 54.4 Å². The number of benzene rings is 2. The Morgan fingerprint density at radius 3 is 2.39 bits per heavy atom. The highest BCUT2D eigenvalue weighted by molar-refractivity contribution is 5.53. The maximum atomic E-state index is 13.0. The minimum absolute atomic E-state index is 0.189. The number of nitrogen functional groups attached to an aromatic ring is 1. The first-order valence-corrected chi connectivity index (χ1v) is 5.88. The highest BCUT2D eigenvalue weighted by Crippen LogP contribution is 2.19. The molecule has 0 heterocycles. The number of hydrogen-bond donors (Lipinski definition) is 1. The van der Waals surface area contributed by atoms with Crippen LogP contribution in [0.25, 0.3) is 0 Å². The zero-order valence-corrected chi connectivity index (χ0v) is 10.7. The Bertz CT molecular complexity index is 535. The van der Waals surface area contributed by atoms with Gasteiger partial charge in [0.1, 0.15) is 5.82 Å². The molecule has 0 bridgehead atoms. The number of anilines is 2. The van der Waals surface area contributed by atoms with E-state index in [1.807, 2.05) is 44.3 Å². The highest BCUT2D eigenvalue weighted by Gasteiger charge is 2.05. The average molecular weight is 244 g/mol. The standard InChI is InChI=1S/C15H17FN2/c1-11-9-13(16)4-3-12(11)10-18(2)15-7-5-14(17)6-8-15/h3-9H,10,17H2,1-2H3. The van der Waals surface area contributed by atoms with E-state index in [2.05, 4.69) is 4.90 Å². The molecular formula is C15H17FN2. The molecule has 0 fully saturated rings. The van der Waals surface area contributed by atoms with Crippen molar-refractivity contribution in [1.82, 2.24) is 0 Å². The third-order valence-corrected chi connectivity index (χ3v) is 3.05. The quantitative estimate of drug-likeness (QED) is 0.839. The molecule has 0 unspecified atom stereocenters. The van der Waals surface area contributed by atoms with Gasteiger partial charge >= 0.3 is 0 Å². The molecule has 0 aromatic heterocycles. The van der Waals surface area contributed by atoms with Crippen LogP contribution in [0.2, 0.25) is 0 Å². The Hall–Kier alpha value is -2.03. The third-order valence-electron chi connectivity index (χ3n) is 3.05. The van der Waals surface area contributed by atoms with E-state index in [-0.39, 0.29) is 5.82 Å². The van der Waals surface area contributed by atoms with Gasteiger partial charge in [0, 0.05) is 25.0 Å². The number of halogens is 1. The lowest BCUT2D eigenvalue weighted by molar-refractivity contribution is 0.625. The first-order chi connectivity index (χ1) is 8.56. The maximum Gasteiger partial charge on any atom is 0.123 e. The van der Waals surface area contributed by atoms with Crippen LogP contribution in [0.1, 0.15) is 11.1 Å². The summed E-state index contributed by atoms with van der Waals surface area (Å²) in [5.74, 6) is -0.189. The lowest BCUT2D eigenvalue weighted by atomic mass is 10.1. The third kappa shape index (κ3) is 2.80. The molecule has 94 valence electrons. The van der Waals surface area contributed by atoms with Crippen LogP contribution in [-0.2, 0) is 6.54 Å². The Labute approximate surface area is 107 Å². The van der Waals surface area contributed by atoms with Gasteiger partial charge in [0.15, 0.2) is 0 Å². The number of rotatable bonds is 3. The van der Waals surface area contributed by atoms with Crippen LogP contribution in [0.15, 0.2) is 42.5 Å². The molecule has 0 spiro atoms. The molecule has 0 saturated carbocycles. The van der Waals surface area contributed by atoms with Crippen LogP contribution >= 0.6 is 0 Å². The van der Waals surface area contributed by atoms with Crippen LogP contribution in [0.3, 0.4) is 0 Å². The summed E-state index contributed by atoms with van der Waals surface area (Å²) in [7, 11) is 2.01. The Morgan fingerprint density at radius 1 is 1.11 bits per heavy atom. The molecule has 2 aromatic carbocycles. The first-order valence-electron chi connectivity index (χ1n) is 5.88. The van der Waals surface area contributed by atoms with Crippen LogP contribution < -0.4 is 10.6 Å². The minimum atomic E-state index is -0.189. The van der Waals surface area contributed by atoms with Crippen molar-refractivity contribution >= 4 is 11.4 Å². The molecule has 2 nitrogen and oxygen atoms in total. The van der Waals surface area contributed by atoms with Gasteiger partial charge in [0.2, 0.25) is 0 Å². The van der Waals surface area contributed by atoms with Crippen LogP contribution in [0.5, 0.6) is 0 Å². The maximum absolute atomic E-state index is 13.0. The van der Waals surface area contributed by atoms with E-state index in [1.54, 1.807) is 6.07 Å². The monoisotopic (exact) mass is 244 g/mol. The summed E-state index contributed by atoms with van der Waals surface area (Å²) in [4.78, 5) is 2.11. The van der Waals surface area contributed by atoms with Gasteiger partial charge in [-0.2, -0.15) is 0 Å². The predicted molar refractivity (Wildman–Crippen MR) is 74.1 cm³/mol. The number of nitrogens with two attached hydrogens (primary N) is 1. The van der Waals surface area contributed by atoms with Crippen molar-refractivity contribution < 1.29 is 4.39 Å². The molecule has 2 aromatic rings.